The Bertz CT molecular complexity index is 342. The maximum atomic E-state index is 5.62. The van der Waals surface area contributed by atoms with Crippen LogP contribution < -0.4 is 4.74 Å². The predicted octanol–water partition coefficient (Wildman–Crippen LogP) is 4.89. The van der Waals surface area contributed by atoms with Gasteiger partial charge in [-0.15, -0.1) is 0 Å². The summed E-state index contributed by atoms with van der Waals surface area (Å²) in [5.41, 5.74) is 1.14. The molecule has 0 aliphatic heterocycles. The van der Waals surface area contributed by atoms with Gasteiger partial charge in [-0.05, 0) is 25.0 Å². The Labute approximate surface area is 149 Å². The Balaban J connectivity index is 0. The first kappa shape index (κ1) is 25.1. The number of aryl methyl sites for hydroxylation is 1. The number of para-hydroxylation sites is 1. The maximum Gasteiger partial charge on any atom is 0.122 e. The molecule has 4 heteroatoms. The van der Waals surface area contributed by atoms with Gasteiger partial charge in [0.25, 0.3) is 0 Å². The summed E-state index contributed by atoms with van der Waals surface area (Å²) in [5.74, 6) is 0.917. The molecule has 1 aromatic rings. The molecule has 0 radical (unpaired) electrons. The largest absolute Gasteiger partial charge is 0.491 e. The zero-order valence-corrected chi connectivity index (χ0v) is 16.6. The highest BCUT2D eigenvalue weighted by Gasteiger charge is 1.97. The fourth-order valence-electron chi connectivity index (χ4n) is 1.62. The van der Waals surface area contributed by atoms with Gasteiger partial charge in [-0.1, -0.05) is 52.8 Å². The van der Waals surface area contributed by atoms with Crippen LogP contribution in [0.4, 0.5) is 0 Å². The highest BCUT2D eigenvalue weighted by molar-refractivity contribution is 5.31. The van der Waals surface area contributed by atoms with Crippen molar-refractivity contribution in [1.82, 2.24) is 0 Å². The van der Waals surface area contributed by atoms with Crippen LogP contribution in [0.1, 0.15) is 46.6 Å². The van der Waals surface area contributed by atoms with Crippen molar-refractivity contribution in [2.75, 3.05) is 46.2 Å². The molecule has 0 aliphatic rings. The first-order chi connectivity index (χ1) is 11.8. The maximum absolute atomic E-state index is 5.62. The average Bonchev–Trinajstić information content (AvgIpc) is 2.64. The van der Waals surface area contributed by atoms with E-state index in [1.165, 1.54) is 0 Å². The number of ether oxygens (including phenoxy) is 4. The van der Waals surface area contributed by atoms with Gasteiger partial charge in [-0.2, -0.15) is 0 Å². The summed E-state index contributed by atoms with van der Waals surface area (Å²) in [6.45, 7) is 16.5. The summed E-state index contributed by atoms with van der Waals surface area (Å²) < 4.78 is 21.7. The Morgan fingerprint density at radius 2 is 1.12 bits per heavy atom. The molecule has 0 spiro atoms. The summed E-state index contributed by atoms with van der Waals surface area (Å²) in [6.07, 6.45) is 1.05. The van der Waals surface area contributed by atoms with Gasteiger partial charge in [0, 0.05) is 6.61 Å². The van der Waals surface area contributed by atoms with Crippen LogP contribution in [0.15, 0.2) is 24.3 Å². The normalized spacial score (nSPS) is 9.42. The van der Waals surface area contributed by atoms with Gasteiger partial charge in [0.1, 0.15) is 12.4 Å². The molecule has 0 heterocycles. The molecule has 0 unspecified atom stereocenters. The van der Waals surface area contributed by atoms with Gasteiger partial charge >= 0.3 is 0 Å². The highest BCUT2D eigenvalue weighted by atomic mass is 16.6. The molecule has 142 valence electrons. The summed E-state index contributed by atoms with van der Waals surface area (Å²) in [7, 11) is 0. The third-order valence-electron chi connectivity index (χ3n) is 2.67. The van der Waals surface area contributed by atoms with Crippen LogP contribution in [-0.4, -0.2) is 46.2 Å². The molecule has 0 bridgehead atoms. The van der Waals surface area contributed by atoms with Crippen molar-refractivity contribution in [1.29, 1.82) is 0 Å². The smallest absolute Gasteiger partial charge is 0.122 e. The van der Waals surface area contributed by atoms with Crippen LogP contribution in [0.3, 0.4) is 0 Å². The number of hydrogen-bond donors (Lipinski definition) is 0. The summed E-state index contributed by atoms with van der Waals surface area (Å²) >= 11 is 0. The lowest BCUT2D eigenvalue weighted by Gasteiger charge is -2.09. The Morgan fingerprint density at radius 1 is 0.667 bits per heavy atom. The van der Waals surface area contributed by atoms with E-state index in [9.17, 15) is 0 Å². The highest BCUT2D eigenvalue weighted by Crippen LogP contribution is 2.15. The first-order valence-electron chi connectivity index (χ1n) is 9.26. The van der Waals surface area contributed by atoms with Crippen molar-refractivity contribution in [2.24, 2.45) is 0 Å². The van der Waals surface area contributed by atoms with Gasteiger partial charge in [0.2, 0.25) is 0 Å². The molecule has 1 rings (SSSR count). The fraction of sp³-hybridized carbons (Fsp3) is 0.700. The lowest BCUT2D eigenvalue weighted by atomic mass is 10.2. The van der Waals surface area contributed by atoms with E-state index in [4.69, 9.17) is 18.9 Å². The van der Waals surface area contributed by atoms with Gasteiger partial charge in [0.05, 0.1) is 33.0 Å². The SMILES string of the molecule is CC.CC.CCCOCCOCCOCCOc1ccccc1C. The van der Waals surface area contributed by atoms with Gasteiger partial charge < -0.3 is 18.9 Å². The third-order valence-corrected chi connectivity index (χ3v) is 2.67. The van der Waals surface area contributed by atoms with Crippen LogP contribution >= 0.6 is 0 Å². The minimum Gasteiger partial charge on any atom is -0.491 e. The molecule has 0 aliphatic carbocycles. The van der Waals surface area contributed by atoms with E-state index >= 15 is 0 Å². The molecule has 1 aromatic carbocycles. The monoisotopic (exact) mass is 342 g/mol. The predicted molar refractivity (Wildman–Crippen MR) is 102 cm³/mol. The second-order valence-electron chi connectivity index (χ2n) is 4.45. The third kappa shape index (κ3) is 15.8. The molecule has 0 fully saturated rings. The Kier molecular flexibility index (Phi) is 22.9. The van der Waals surface area contributed by atoms with E-state index < -0.39 is 0 Å². The minimum atomic E-state index is 0.560. The van der Waals surface area contributed by atoms with Crippen molar-refractivity contribution < 1.29 is 18.9 Å². The van der Waals surface area contributed by atoms with E-state index in [1.807, 2.05) is 58.9 Å². The van der Waals surface area contributed by atoms with E-state index in [1.54, 1.807) is 0 Å². The molecule has 4 nitrogen and oxygen atoms in total. The van der Waals surface area contributed by atoms with Crippen molar-refractivity contribution >= 4 is 0 Å². The quantitative estimate of drug-likeness (QED) is 0.507. The van der Waals surface area contributed by atoms with Crippen LogP contribution in [0.25, 0.3) is 0 Å². The standard InChI is InChI=1S/C16H26O4.2C2H6/c1-3-8-17-9-10-18-11-12-19-13-14-20-16-7-5-4-6-15(16)2;2*1-2/h4-7H,3,8-14H2,1-2H3;2*1-2H3. The van der Waals surface area contributed by atoms with E-state index in [2.05, 4.69) is 6.92 Å². The Morgan fingerprint density at radius 3 is 1.62 bits per heavy atom. The zero-order chi connectivity index (χ0) is 18.5. The van der Waals surface area contributed by atoms with Crippen LogP contribution in [0, 0.1) is 6.92 Å². The average molecular weight is 343 g/mol. The van der Waals surface area contributed by atoms with E-state index in [0.717, 1.165) is 24.3 Å². The van der Waals surface area contributed by atoms with Crippen molar-refractivity contribution in [3.05, 3.63) is 29.8 Å². The first-order valence-corrected chi connectivity index (χ1v) is 9.26. The van der Waals surface area contributed by atoms with Crippen LogP contribution in [0.5, 0.6) is 5.75 Å². The molecule has 0 saturated heterocycles. The second kappa shape index (κ2) is 21.9. The lowest BCUT2D eigenvalue weighted by molar-refractivity contribution is 0.00942. The fourth-order valence-corrected chi connectivity index (χ4v) is 1.62. The molecule has 24 heavy (non-hydrogen) atoms. The Hall–Kier alpha value is -1.10. The summed E-state index contributed by atoms with van der Waals surface area (Å²) in [5, 5.41) is 0. The molecule has 0 aromatic heterocycles. The molecule has 0 atom stereocenters. The van der Waals surface area contributed by atoms with Gasteiger partial charge in [0.15, 0.2) is 0 Å². The molecular weight excluding hydrogens is 304 g/mol. The van der Waals surface area contributed by atoms with Crippen LogP contribution in [-0.2, 0) is 14.2 Å². The van der Waals surface area contributed by atoms with Gasteiger partial charge in [-0.25, -0.2) is 0 Å². The van der Waals surface area contributed by atoms with Gasteiger partial charge in [-0.3, -0.25) is 0 Å². The number of hydrogen-bond acceptors (Lipinski definition) is 4. The zero-order valence-electron chi connectivity index (χ0n) is 16.6. The van der Waals surface area contributed by atoms with Crippen molar-refractivity contribution in [3.8, 4) is 5.75 Å². The molecular formula is C20H38O4. The van der Waals surface area contributed by atoms with E-state index in [-0.39, 0.29) is 0 Å². The molecule has 0 N–H and O–H groups in total. The van der Waals surface area contributed by atoms with Crippen LogP contribution in [0.2, 0.25) is 0 Å². The summed E-state index contributed by atoms with van der Waals surface area (Å²) in [4.78, 5) is 0. The second-order valence-corrected chi connectivity index (χ2v) is 4.45. The minimum absolute atomic E-state index is 0.560. The molecule has 0 amide bonds. The lowest BCUT2D eigenvalue weighted by Crippen LogP contribution is -2.13. The van der Waals surface area contributed by atoms with E-state index in [0.29, 0.717) is 39.6 Å². The summed E-state index contributed by atoms with van der Waals surface area (Å²) in [6, 6.07) is 7.97. The van der Waals surface area contributed by atoms with Crippen molar-refractivity contribution in [3.63, 3.8) is 0 Å². The number of rotatable bonds is 12. The topological polar surface area (TPSA) is 36.9 Å². The molecule has 0 saturated carbocycles. The van der Waals surface area contributed by atoms with Crippen molar-refractivity contribution in [2.45, 2.75) is 48.0 Å². The number of benzene rings is 1.